The van der Waals surface area contributed by atoms with E-state index in [-0.39, 0.29) is 18.5 Å². The van der Waals surface area contributed by atoms with Gasteiger partial charge in [0.05, 0.1) is 19.3 Å². The summed E-state index contributed by atoms with van der Waals surface area (Å²) in [7, 11) is 0. The molecule has 1 aliphatic rings. The van der Waals surface area contributed by atoms with Gasteiger partial charge in [-0.1, -0.05) is 12.1 Å². The van der Waals surface area contributed by atoms with E-state index < -0.39 is 0 Å². The number of fused-ring (bicyclic) bond motifs is 1. The zero-order valence-corrected chi connectivity index (χ0v) is 9.66. The molecule has 0 bridgehead atoms. The van der Waals surface area contributed by atoms with Gasteiger partial charge in [0.25, 0.3) is 0 Å². The second kappa shape index (κ2) is 4.76. The lowest BCUT2D eigenvalue weighted by Crippen LogP contribution is -2.13. The van der Waals surface area contributed by atoms with Gasteiger partial charge in [-0.3, -0.25) is 4.79 Å². The van der Waals surface area contributed by atoms with Gasteiger partial charge in [0.2, 0.25) is 0 Å². The summed E-state index contributed by atoms with van der Waals surface area (Å²) in [6, 6.07) is 5.72. The summed E-state index contributed by atoms with van der Waals surface area (Å²) in [5.41, 5.74) is 3.02. The molecular weight excluding hydrogens is 204 g/mol. The molecule has 1 aromatic rings. The van der Waals surface area contributed by atoms with Crippen molar-refractivity contribution in [1.82, 2.24) is 0 Å². The molecule has 1 aromatic carbocycles. The number of hydrogen-bond donors (Lipinski definition) is 0. The molecule has 0 amide bonds. The normalized spacial score (nSPS) is 14.2. The van der Waals surface area contributed by atoms with E-state index in [4.69, 9.17) is 9.47 Å². The number of rotatable bonds is 4. The monoisotopic (exact) mass is 220 g/mol. The van der Waals surface area contributed by atoms with Crippen LogP contribution in [0.15, 0.2) is 18.2 Å². The highest BCUT2D eigenvalue weighted by molar-refractivity contribution is 5.97. The lowest BCUT2D eigenvalue weighted by atomic mass is 10.0. The van der Waals surface area contributed by atoms with Crippen molar-refractivity contribution in [3.63, 3.8) is 0 Å². The molecule has 0 N–H and O–H groups in total. The number of benzene rings is 1. The number of carbonyl (C=O) groups is 1. The van der Waals surface area contributed by atoms with Crippen LogP contribution in [0.2, 0.25) is 0 Å². The topological polar surface area (TPSA) is 35.5 Å². The Bertz CT molecular complexity index is 396. The Labute approximate surface area is 95.4 Å². The fourth-order valence-electron chi connectivity index (χ4n) is 1.67. The van der Waals surface area contributed by atoms with Crippen molar-refractivity contribution in [2.75, 3.05) is 6.61 Å². The van der Waals surface area contributed by atoms with Crippen LogP contribution in [-0.4, -0.2) is 18.5 Å². The van der Waals surface area contributed by atoms with E-state index in [0.29, 0.717) is 18.8 Å². The molecule has 0 radical (unpaired) electrons. The number of Topliss-reactive ketones (excluding diaryl/α,β-unsaturated/α-hetero) is 1. The average molecular weight is 220 g/mol. The van der Waals surface area contributed by atoms with Gasteiger partial charge < -0.3 is 9.47 Å². The molecule has 0 aliphatic carbocycles. The second-order valence-electron chi connectivity index (χ2n) is 4.26. The molecule has 0 spiro atoms. The van der Waals surface area contributed by atoms with Crippen molar-refractivity contribution in [2.24, 2.45) is 0 Å². The Morgan fingerprint density at radius 2 is 2.12 bits per heavy atom. The predicted molar refractivity (Wildman–Crippen MR) is 60.4 cm³/mol. The van der Waals surface area contributed by atoms with Crippen molar-refractivity contribution < 1.29 is 14.3 Å². The van der Waals surface area contributed by atoms with E-state index in [2.05, 4.69) is 0 Å². The smallest absolute Gasteiger partial charge is 0.188 e. The summed E-state index contributed by atoms with van der Waals surface area (Å²) < 4.78 is 10.6. The predicted octanol–water partition coefficient (Wildman–Crippen LogP) is 2.32. The molecule has 0 atom stereocenters. The quantitative estimate of drug-likeness (QED) is 0.730. The number of hydrogen-bond acceptors (Lipinski definition) is 3. The zero-order valence-electron chi connectivity index (χ0n) is 9.66. The van der Waals surface area contributed by atoms with Gasteiger partial charge in [0, 0.05) is 5.56 Å². The van der Waals surface area contributed by atoms with Gasteiger partial charge in [-0.05, 0) is 31.0 Å². The minimum Gasteiger partial charge on any atom is -0.372 e. The molecular formula is C13H16O3. The third-order valence-electron chi connectivity index (χ3n) is 2.59. The van der Waals surface area contributed by atoms with Crippen LogP contribution in [0.5, 0.6) is 0 Å². The SMILES string of the molecule is CC(C)OCC(=O)c1ccc2c(c1)COC2. The molecule has 0 aromatic heterocycles. The molecule has 0 fully saturated rings. The molecule has 1 aliphatic heterocycles. The lowest BCUT2D eigenvalue weighted by Gasteiger charge is -2.07. The van der Waals surface area contributed by atoms with Crippen molar-refractivity contribution in [2.45, 2.75) is 33.2 Å². The molecule has 86 valence electrons. The average Bonchev–Trinajstić information content (AvgIpc) is 2.72. The van der Waals surface area contributed by atoms with Crippen molar-refractivity contribution in [3.05, 3.63) is 34.9 Å². The summed E-state index contributed by atoms with van der Waals surface area (Å²) in [6.07, 6.45) is 0.0849. The molecule has 0 saturated carbocycles. The Morgan fingerprint density at radius 3 is 2.88 bits per heavy atom. The summed E-state index contributed by atoms with van der Waals surface area (Å²) in [4.78, 5) is 11.8. The fourth-order valence-corrected chi connectivity index (χ4v) is 1.67. The van der Waals surface area contributed by atoms with E-state index in [9.17, 15) is 4.79 Å². The Kier molecular flexibility index (Phi) is 3.36. The number of ketones is 1. The highest BCUT2D eigenvalue weighted by Crippen LogP contribution is 2.21. The van der Waals surface area contributed by atoms with Gasteiger partial charge in [-0.15, -0.1) is 0 Å². The summed E-state index contributed by atoms with van der Waals surface area (Å²) >= 11 is 0. The maximum absolute atomic E-state index is 11.8. The van der Waals surface area contributed by atoms with Crippen LogP contribution in [0.4, 0.5) is 0 Å². The first-order chi connectivity index (χ1) is 7.66. The largest absolute Gasteiger partial charge is 0.372 e. The van der Waals surface area contributed by atoms with E-state index >= 15 is 0 Å². The summed E-state index contributed by atoms with van der Waals surface area (Å²) in [6.45, 7) is 5.26. The minimum absolute atomic E-state index is 0.0309. The van der Waals surface area contributed by atoms with Gasteiger partial charge in [-0.25, -0.2) is 0 Å². The molecule has 1 heterocycles. The molecule has 0 unspecified atom stereocenters. The van der Waals surface area contributed by atoms with Crippen LogP contribution in [0, 0.1) is 0 Å². The van der Waals surface area contributed by atoms with Gasteiger partial charge in [-0.2, -0.15) is 0 Å². The summed E-state index contributed by atoms with van der Waals surface area (Å²) in [5, 5.41) is 0. The molecule has 3 heteroatoms. The van der Waals surface area contributed by atoms with E-state index in [1.54, 1.807) is 0 Å². The third kappa shape index (κ3) is 2.49. The maximum atomic E-state index is 11.8. The van der Waals surface area contributed by atoms with Crippen molar-refractivity contribution in [3.8, 4) is 0 Å². The van der Waals surface area contributed by atoms with Crippen LogP contribution < -0.4 is 0 Å². The number of carbonyl (C=O) groups excluding carboxylic acids is 1. The highest BCUT2D eigenvalue weighted by Gasteiger charge is 2.14. The fraction of sp³-hybridized carbons (Fsp3) is 0.462. The second-order valence-corrected chi connectivity index (χ2v) is 4.26. The van der Waals surface area contributed by atoms with Gasteiger partial charge in [0.15, 0.2) is 5.78 Å². The standard InChI is InChI=1S/C13H16O3/c1-9(2)16-8-13(14)10-3-4-11-6-15-7-12(11)5-10/h3-5,9H,6-8H2,1-2H3. The highest BCUT2D eigenvalue weighted by atomic mass is 16.5. The molecule has 3 nitrogen and oxygen atoms in total. The lowest BCUT2D eigenvalue weighted by molar-refractivity contribution is 0.0584. The minimum atomic E-state index is 0.0309. The van der Waals surface area contributed by atoms with E-state index in [0.717, 1.165) is 5.56 Å². The van der Waals surface area contributed by atoms with Crippen LogP contribution >= 0.6 is 0 Å². The molecule has 16 heavy (non-hydrogen) atoms. The van der Waals surface area contributed by atoms with Gasteiger partial charge in [0.1, 0.15) is 6.61 Å². The van der Waals surface area contributed by atoms with E-state index in [1.165, 1.54) is 5.56 Å². The van der Waals surface area contributed by atoms with Crippen LogP contribution in [0.3, 0.4) is 0 Å². The Balaban J connectivity index is 2.06. The Hall–Kier alpha value is -1.19. The summed E-state index contributed by atoms with van der Waals surface area (Å²) in [5.74, 6) is 0.0309. The molecule has 0 saturated heterocycles. The van der Waals surface area contributed by atoms with Crippen LogP contribution in [0.25, 0.3) is 0 Å². The first-order valence-electron chi connectivity index (χ1n) is 5.51. The zero-order chi connectivity index (χ0) is 11.5. The van der Waals surface area contributed by atoms with Gasteiger partial charge >= 0.3 is 0 Å². The Morgan fingerprint density at radius 1 is 1.38 bits per heavy atom. The first kappa shape index (κ1) is 11.3. The maximum Gasteiger partial charge on any atom is 0.188 e. The van der Waals surface area contributed by atoms with Crippen LogP contribution in [-0.2, 0) is 22.7 Å². The number of ether oxygens (including phenoxy) is 2. The molecule has 2 rings (SSSR count). The first-order valence-corrected chi connectivity index (χ1v) is 5.51. The van der Waals surface area contributed by atoms with Crippen molar-refractivity contribution >= 4 is 5.78 Å². The van der Waals surface area contributed by atoms with E-state index in [1.807, 2.05) is 32.0 Å². The van der Waals surface area contributed by atoms with Crippen LogP contribution in [0.1, 0.15) is 35.3 Å². The third-order valence-corrected chi connectivity index (χ3v) is 2.59. The van der Waals surface area contributed by atoms with Crippen molar-refractivity contribution in [1.29, 1.82) is 0 Å².